The Morgan fingerprint density at radius 2 is 2.11 bits per heavy atom. The number of hydrogen-bond donors (Lipinski definition) is 2. The highest BCUT2D eigenvalue weighted by atomic mass is 16.5. The van der Waals surface area contributed by atoms with Gasteiger partial charge in [0, 0.05) is 12.1 Å². The first kappa shape index (κ1) is 13.4. The van der Waals surface area contributed by atoms with Gasteiger partial charge in [0.1, 0.15) is 11.8 Å². The van der Waals surface area contributed by atoms with Gasteiger partial charge in [0.15, 0.2) is 5.96 Å². The smallest absolute Gasteiger partial charge is 0.254 e. The summed E-state index contributed by atoms with van der Waals surface area (Å²) < 4.78 is 5.28. The average molecular weight is 261 g/mol. The lowest BCUT2D eigenvalue weighted by molar-refractivity contribution is -0.120. The Morgan fingerprint density at radius 3 is 2.79 bits per heavy atom. The van der Waals surface area contributed by atoms with Crippen molar-refractivity contribution in [2.24, 2.45) is 10.9 Å². The fraction of sp³-hybridized carbons (Fsp3) is 0.429. The van der Waals surface area contributed by atoms with Crippen molar-refractivity contribution in [2.75, 3.05) is 13.7 Å². The van der Waals surface area contributed by atoms with Crippen LogP contribution in [-0.2, 0) is 4.79 Å². The van der Waals surface area contributed by atoms with Crippen LogP contribution in [0.5, 0.6) is 5.75 Å². The van der Waals surface area contributed by atoms with E-state index in [-0.39, 0.29) is 5.91 Å². The Kier molecular flexibility index (Phi) is 4.04. The van der Waals surface area contributed by atoms with Gasteiger partial charge in [-0.15, -0.1) is 0 Å². The highest BCUT2D eigenvalue weighted by molar-refractivity contribution is 6.07. The van der Waals surface area contributed by atoms with E-state index in [1.165, 1.54) is 0 Å². The number of nitrogens with one attached hydrogen (secondary N) is 2. The highest BCUT2D eigenvalue weighted by Gasteiger charge is 2.31. The van der Waals surface area contributed by atoms with Gasteiger partial charge in [-0.25, -0.2) is 0 Å². The van der Waals surface area contributed by atoms with Gasteiger partial charge in [-0.3, -0.25) is 15.1 Å². The Bertz CT molecular complexity index is 497. The van der Waals surface area contributed by atoms with E-state index in [0.717, 1.165) is 5.56 Å². The van der Waals surface area contributed by atoms with Gasteiger partial charge in [-0.2, -0.15) is 0 Å². The van der Waals surface area contributed by atoms with E-state index in [1.807, 2.05) is 24.3 Å². The zero-order chi connectivity index (χ0) is 13.8. The predicted octanol–water partition coefficient (Wildman–Crippen LogP) is 1.47. The van der Waals surface area contributed by atoms with Crippen LogP contribution in [0.3, 0.4) is 0 Å². The molecule has 1 saturated heterocycles. The molecule has 1 aliphatic rings. The molecule has 0 aromatic heterocycles. The molecule has 5 nitrogen and oxygen atoms in total. The number of methoxy groups -OCH3 is 1. The molecule has 102 valence electrons. The maximum absolute atomic E-state index is 12.0. The van der Waals surface area contributed by atoms with Gasteiger partial charge in [-0.1, -0.05) is 32.0 Å². The van der Waals surface area contributed by atoms with Gasteiger partial charge in [0.25, 0.3) is 5.91 Å². The number of benzene rings is 1. The lowest BCUT2D eigenvalue weighted by Crippen LogP contribution is -2.26. The molecule has 19 heavy (non-hydrogen) atoms. The zero-order valence-electron chi connectivity index (χ0n) is 11.4. The molecule has 1 aromatic carbocycles. The van der Waals surface area contributed by atoms with Crippen LogP contribution in [-0.4, -0.2) is 25.5 Å². The lowest BCUT2D eigenvalue weighted by atomic mass is 10.1. The van der Waals surface area contributed by atoms with Gasteiger partial charge >= 0.3 is 0 Å². The molecule has 0 bridgehead atoms. The van der Waals surface area contributed by atoms with E-state index in [9.17, 15) is 4.79 Å². The third-order valence-corrected chi connectivity index (χ3v) is 2.85. The normalized spacial score (nSPS) is 20.5. The van der Waals surface area contributed by atoms with Crippen LogP contribution < -0.4 is 15.4 Å². The van der Waals surface area contributed by atoms with E-state index in [2.05, 4.69) is 29.5 Å². The Morgan fingerprint density at radius 1 is 1.37 bits per heavy atom. The number of amides is 1. The Labute approximate surface area is 113 Å². The number of ether oxygens (including phenoxy) is 1. The van der Waals surface area contributed by atoms with E-state index in [1.54, 1.807) is 7.11 Å². The molecular weight excluding hydrogens is 242 g/mol. The molecule has 1 atom stereocenters. The number of hydrogen-bond acceptors (Lipinski definition) is 3. The van der Waals surface area contributed by atoms with Crippen LogP contribution in [0, 0.1) is 5.92 Å². The number of rotatable bonds is 4. The number of nitrogens with zero attached hydrogens (tertiary/aromatic N) is 1. The zero-order valence-corrected chi connectivity index (χ0v) is 11.4. The standard InChI is InChI=1S/C14H19N3O2/c1-9(2)8-15-14-16-12(13(18)17-14)10-6-4-5-7-11(10)19-3/h4-7,9,12H,8H2,1-3H3,(H2,15,16,17,18). The number of guanidine groups is 1. The minimum atomic E-state index is -0.443. The quantitative estimate of drug-likeness (QED) is 0.862. The second-order valence-electron chi connectivity index (χ2n) is 4.89. The van der Waals surface area contributed by atoms with Crippen molar-refractivity contribution in [2.45, 2.75) is 19.9 Å². The lowest BCUT2D eigenvalue weighted by Gasteiger charge is -2.12. The van der Waals surface area contributed by atoms with Gasteiger partial charge < -0.3 is 10.1 Å². The van der Waals surface area contributed by atoms with Crippen molar-refractivity contribution < 1.29 is 9.53 Å². The van der Waals surface area contributed by atoms with Crippen LogP contribution in [0.25, 0.3) is 0 Å². The molecule has 1 aliphatic heterocycles. The maximum atomic E-state index is 12.0. The van der Waals surface area contributed by atoms with Crippen LogP contribution in [0.15, 0.2) is 29.3 Å². The van der Waals surface area contributed by atoms with Crippen molar-refractivity contribution in [3.05, 3.63) is 29.8 Å². The SMILES string of the molecule is COc1ccccc1C1NC(=NCC(C)C)NC1=O. The summed E-state index contributed by atoms with van der Waals surface area (Å²) in [6.45, 7) is 4.85. The molecule has 1 heterocycles. The van der Waals surface area contributed by atoms with Crippen molar-refractivity contribution >= 4 is 11.9 Å². The van der Waals surface area contributed by atoms with Crippen LogP contribution in [0.4, 0.5) is 0 Å². The molecule has 1 unspecified atom stereocenters. The molecule has 5 heteroatoms. The van der Waals surface area contributed by atoms with Gasteiger partial charge in [0.05, 0.1) is 7.11 Å². The summed E-state index contributed by atoms with van der Waals surface area (Å²) in [5.41, 5.74) is 0.817. The van der Waals surface area contributed by atoms with E-state index in [0.29, 0.717) is 24.2 Å². The minimum Gasteiger partial charge on any atom is -0.496 e. The first-order valence-electron chi connectivity index (χ1n) is 6.36. The topological polar surface area (TPSA) is 62.7 Å². The number of aliphatic imine (C=N–C) groups is 1. The van der Waals surface area contributed by atoms with Gasteiger partial charge in [0.2, 0.25) is 0 Å². The molecule has 0 spiro atoms. The summed E-state index contributed by atoms with van der Waals surface area (Å²) >= 11 is 0. The summed E-state index contributed by atoms with van der Waals surface area (Å²) in [5, 5.41) is 5.85. The summed E-state index contributed by atoms with van der Waals surface area (Å²) in [4.78, 5) is 16.3. The van der Waals surface area contributed by atoms with Crippen LogP contribution in [0.1, 0.15) is 25.5 Å². The van der Waals surface area contributed by atoms with Crippen LogP contribution >= 0.6 is 0 Å². The summed E-state index contributed by atoms with van der Waals surface area (Å²) in [7, 11) is 1.60. The third-order valence-electron chi connectivity index (χ3n) is 2.85. The fourth-order valence-electron chi connectivity index (χ4n) is 1.91. The molecule has 0 radical (unpaired) electrons. The summed E-state index contributed by atoms with van der Waals surface area (Å²) in [6, 6.07) is 7.04. The summed E-state index contributed by atoms with van der Waals surface area (Å²) in [6.07, 6.45) is 0. The Balaban J connectivity index is 2.18. The molecule has 2 N–H and O–H groups in total. The van der Waals surface area contributed by atoms with Crippen molar-refractivity contribution in [1.29, 1.82) is 0 Å². The van der Waals surface area contributed by atoms with Crippen molar-refractivity contribution in [1.82, 2.24) is 10.6 Å². The maximum Gasteiger partial charge on any atom is 0.254 e. The first-order valence-corrected chi connectivity index (χ1v) is 6.36. The highest BCUT2D eigenvalue weighted by Crippen LogP contribution is 2.26. The molecule has 2 rings (SSSR count). The van der Waals surface area contributed by atoms with E-state index >= 15 is 0 Å². The molecule has 0 saturated carbocycles. The summed E-state index contributed by atoms with van der Waals surface area (Å²) in [5.74, 6) is 1.58. The Hall–Kier alpha value is -2.04. The predicted molar refractivity (Wildman–Crippen MR) is 74.2 cm³/mol. The molecule has 1 fully saturated rings. The number of carbonyl (C=O) groups is 1. The number of carbonyl (C=O) groups excluding carboxylic acids is 1. The van der Waals surface area contributed by atoms with E-state index < -0.39 is 6.04 Å². The molecule has 1 aromatic rings. The van der Waals surface area contributed by atoms with Crippen LogP contribution in [0.2, 0.25) is 0 Å². The van der Waals surface area contributed by atoms with E-state index in [4.69, 9.17) is 4.74 Å². The molecular formula is C14H19N3O2. The number of para-hydroxylation sites is 1. The minimum absolute atomic E-state index is 0.105. The van der Waals surface area contributed by atoms with Crippen molar-refractivity contribution in [3.8, 4) is 5.75 Å². The second-order valence-corrected chi connectivity index (χ2v) is 4.89. The third kappa shape index (κ3) is 3.05. The average Bonchev–Trinajstić information content (AvgIpc) is 2.77. The van der Waals surface area contributed by atoms with Crippen molar-refractivity contribution in [3.63, 3.8) is 0 Å². The fourth-order valence-corrected chi connectivity index (χ4v) is 1.91. The molecule has 1 amide bonds. The second kappa shape index (κ2) is 5.73. The van der Waals surface area contributed by atoms with Gasteiger partial charge in [-0.05, 0) is 12.0 Å². The largest absolute Gasteiger partial charge is 0.496 e. The molecule has 0 aliphatic carbocycles. The first-order chi connectivity index (χ1) is 9.11. The monoisotopic (exact) mass is 261 g/mol.